The van der Waals surface area contributed by atoms with Crippen LogP contribution in [0.2, 0.25) is 0 Å². The van der Waals surface area contributed by atoms with Crippen LogP contribution < -0.4 is 0 Å². The number of carbonyl (C=O) groups is 1. The fourth-order valence-electron chi connectivity index (χ4n) is 3.03. The van der Waals surface area contributed by atoms with Crippen LogP contribution in [0, 0.1) is 12.7 Å². The van der Waals surface area contributed by atoms with Gasteiger partial charge >= 0.3 is 5.97 Å². The molecule has 0 amide bonds. The molecule has 0 N–H and O–H groups in total. The van der Waals surface area contributed by atoms with Crippen LogP contribution in [0.25, 0.3) is 0 Å². The Morgan fingerprint density at radius 2 is 2.07 bits per heavy atom. The SMILES string of the molecule is CCOC(=O)c1cc(C2CC2)c(C)c(/N=C(\CC)c2ccc(Br)cc2F)n1. The molecule has 142 valence electrons. The maximum atomic E-state index is 14.4. The number of ether oxygens (including phenoxy) is 1. The molecule has 1 aromatic heterocycles. The van der Waals surface area contributed by atoms with Gasteiger partial charge in [0.25, 0.3) is 0 Å². The highest BCUT2D eigenvalue weighted by molar-refractivity contribution is 9.10. The van der Waals surface area contributed by atoms with Crippen LogP contribution in [0.15, 0.2) is 33.7 Å². The number of aliphatic imine (C=N–C) groups is 1. The zero-order valence-electron chi connectivity index (χ0n) is 15.7. The molecule has 1 fully saturated rings. The first-order valence-electron chi connectivity index (χ1n) is 9.16. The van der Waals surface area contributed by atoms with Crippen LogP contribution in [-0.2, 0) is 4.74 Å². The fraction of sp³-hybridized carbons (Fsp3) is 0.381. The second kappa shape index (κ2) is 8.30. The minimum atomic E-state index is -0.455. The maximum Gasteiger partial charge on any atom is 0.357 e. The van der Waals surface area contributed by atoms with E-state index in [4.69, 9.17) is 4.74 Å². The number of pyridine rings is 1. The molecular formula is C21H22BrFN2O2. The number of carbonyl (C=O) groups excluding carboxylic acids is 1. The van der Waals surface area contributed by atoms with E-state index in [0.717, 1.165) is 24.0 Å². The Bertz CT molecular complexity index is 907. The molecule has 0 spiro atoms. The van der Waals surface area contributed by atoms with Gasteiger partial charge in [0, 0.05) is 10.0 Å². The summed E-state index contributed by atoms with van der Waals surface area (Å²) in [5.41, 5.74) is 3.32. The number of halogens is 2. The zero-order valence-corrected chi connectivity index (χ0v) is 17.3. The molecule has 2 aromatic rings. The Kier molecular flexibility index (Phi) is 6.05. The molecule has 6 heteroatoms. The van der Waals surface area contributed by atoms with Gasteiger partial charge in [-0.05, 0) is 74.4 Å². The molecule has 1 aromatic carbocycles. The van der Waals surface area contributed by atoms with Gasteiger partial charge in [0.15, 0.2) is 11.5 Å². The van der Waals surface area contributed by atoms with Crippen molar-refractivity contribution in [3.63, 3.8) is 0 Å². The third kappa shape index (κ3) is 4.43. The van der Waals surface area contributed by atoms with Gasteiger partial charge in [0.1, 0.15) is 5.82 Å². The van der Waals surface area contributed by atoms with E-state index >= 15 is 0 Å². The third-order valence-electron chi connectivity index (χ3n) is 4.61. The van der Waals surface area contributed by atoms with Gasteiger partial charge in [-0.1, -0.05) is 22.9 Å². The first kappa shape index (κ1) is 19.7. The lowest BCUT2D eigenvalue weighted by Crippen LogP contribution is -2.09. The Labute approximate surface area is 167 Å². The van der Waals surface area contributed by atoms with Crippen molar-refractivity contribution in [1.82, 2.24) is 4.98 Å². The molecule has 1 heterocycles. The Hall–Kier alpha value is -2.08. The molecule has 0 aliphatic heterocycles. The quantitative estimate of drug-likeness (QED) is 0.423. The molecule has 0 radical (unpaired) electrons. The molecule has 0 atom stereocenters. The average molecular weight is 433 g/mol. The van der Waals surface area contributed by atoms with Crippen molar-refractivity contribution in [3.05, 3.63) is 56.9 Å². The predicted octanol–water partition coefficient (Wildman–Crippen LogP) is 5.88. The summed E-state index contributed by atoms with van der Waals surface area (Å²) < 4.78 is 20.2. The monoisotopic (exact) mass is 432 g/mol. The van der Waals surface area contributed by atoms with Crippen molar-refractivity contribution in [2.45, 2.75) is 46.0 Å². The highest BCUT2D eigenvalue weighted by atomic mass is 79.9. The van der Waals surface area contributed by atoms with E-state index in [1.165, 1.54) is 6.07 Å². The molecule has 0 bridgehead atoms. The Morgan fingerprint density at radius 1 is 1.33 bits per heavy atom. The average Bonchev–Trinajstić information content (AvgIpc) is 3.46. The van der Waals surface area contributed by atoms with E-state index < -0.39 is 5.97 Å². The van der Waals surface area contributed by atoms with Crippen LogP contribution >= 0.6 is 15.9 Å². The van der Waals surface area contributed by atoms with Gasteiger partial charge in [0.05, 0.1) is 12.3 Å². The van der Waals surface area contributed by atoms with Gasteiger partial charge in [-0.25, -0.2) is 19.2 Å². The Balaban J connectivity index is 2.10. The lowest BCUT2D eigenvalue weighted by atomic mass is 10.0. The maximum absolute atomic E-state index is 14.4. The summed E-state index contributed by atoms with van der Waals surface area (Å²) in [7, 11) is 0. The van der Waals surface area contributed by atoms with E-state index in [-0.39, 0.29) is 18.1 Å². The van der Waals surface area contributed by atoms with E-state index in [2.05, 4.69) is 25.9 Å². The first-order valence-corrected chi connectivity index (χ1v) is 9.95. The second-order valence-electron chi connectivity index (χ2n) is 6.58. The van der Waals surface area contributed by atoms with Crippen LogP contribution in [0.4, 0.5) is 10.2 Å². The first-order chi connectivity index (χ1) is 12.9. The summed E-state index contributed by atoms with van der Waals surface area (Å²) >= 11 is 3.27. The molecule has 1 saturated carbocycles. The van der Waals surface area contributed by atoms with E-state index in [0.29, 0.717) is 33.9 Å². The molecule has 0 saturated heterocycles. The lowest BCUT2D eigenvalue weighted by molar-refractivity contribution is 0.0519. The molecule has 27 heavy (non-hydrogen) atoms. The standard InChI is InChI=1S/C21H22BrFN2O2/c1-4-18(15-9-8-14(22)10-17(15)23)24-20-12(3)16(13-6-7-13)11-19(25-20)21(26)27-5-2/h8-11,13H,4-7H2,1-3H3/b24-18+. The summed E-state index contributed by atoms with van der Waals surface area (Å²) in [6, 6.07) is 6.73. The lowest BCUT2D eigenvalue weighted by Gasteiger charge is -2.12. The molecule has 0 unspecified atom stereocenters. The molecule has 3 rings (SSSR count). The predicted molar refractivity (Wildman–Crippen MR) is 107 cm³/mol. The molecule has 4 nitrogen and oxygen atoms in total. The third-order valence-corrected chi connectivity index (χ3v) is 5.10. The van der Waals surface area contributed by atoms with Crippen molar-refractivity contribution in [2.75, 3.05) is 6.61 Å². The fourth-order valence-corrected chi connectivity index (χ4v) is 3.37. The van der Waals surface area contributed by atoms with Gasteiger partial charge in [-0.3, -0.25) is 0 Å². The number of hydrogen-bond donors (Lipinski definition) is 0. The highest BCUT2D eigenvalue weighted by Crippen LogP contribution is 2.43. The van der Waals surface area contributed by atoms with Crippen molar-refractivity contribution in [1.29, 1.82) is 0 Å². The van der Waals surface area contributed by atoms with Crippen molar-refractivity contribution in [3.8, 4) is 0 Å². The molecule has 1 aliphatic rings. The van der Waals surface area contributed by atoms with Crippen LogP contribution in [0.1, 0.15) is 66.2 Å². The molecular weight excluding hydrogens is 411 g/mol. The van der Waals surface area contributed by atoms with E-state index in [1.807, 2.05) is 19.9 Å². The van der Waals surface area contributed by atoms with Crippen LogP contribution in [-0.4, -0.2) is 23.3 Å². The number of benzene rings is 1. The largest absolute Gasteiger partial charge is 0.461 e. The number of aromatic nitrogens is 1. The van der Waals surface area contributed by atoms with Crippen LogP contribution in [0.5, 0.6) is 0 Å². The number of esters is 1. The number of rotatable bonds is 6. The highest BCUT2D eigenvalue weighted by Gasteiger charge is 2.28. The Morgan fingerprint density at radius 3 is 2.67 bits per heavy atom. The summed E-state index contributed by atoms with van der Waals surface area (Å²) in [4.78, 5) is 21.3. The van der Waals surface area contributed by atoms with Crippen molar-refractivity contribution in [2.24, 2.45) is 4.99 Å². The summed E-state index contributed by atoms with van der Waals surface area (Å²) in [5.74, 6) is 0.0987. The zero-order chi connectivity index (χ0) is 19.6. The van der Waals surface area contributed by atoms with Gasteiger partial charge in [0.2, 0.25) is 0 Å². The summed E-state index contributed by atoms with van der Waals surface area (Å²) in [6.45, 7) is 5.93. The minimum absolute atomic E-state index is 0.259. The van der Waals surface area contributed by atoms with E-state index in [1.54, 1.807) is 19.1 Å². The number of nitrogens with zero attached hydrogens (tertiary/aromatic N) is 2. The smallest absolute Gasteiger partial charge is 0.357 e. The molecule has 1 aliphatic carbocycles. The minimum Gasteiger partial charge on any atom is -0.461 e. The van der Waals surface area contributed by atoms with Gasteiger partial charge < -0.3 is 4.74 Å². The summed E-state index contributed by atoms with van der Waals surface area (Å²) in [5, 5.41) is 0. The van der Waals surface area contributed by atoms with Gasteiger partial charge in [-0.15, -0.1) is 0 Å². The van der Waals surface area contributed by atoms with Crippen molar-refractivity contribution < 1.29 is 13.9 Å². The van der Waals surface area contributed by atoms with E-state index in [9.17, 15) is 9.18 Å². The number of hydrogen-bond acceptors (Lipinski definition) is 4. The van der Waals surface area contributed by atoms with Crippen LogP contribution in [0.3, 0.4) is 0 Å². The van der Waals surface area contributed by atoms with Gasteiger partial charge in [-0.2, -0.15) is 0 Å². The summed E-state index contributed by atoms with van der Waals surface area (Å²) in [6.07, 6.45) is 2.73. The second-order valence-corrected chi connectivity index (χ2v) is 7.49. The normalized spacial score (nSPS) is 14.3. The van der Waals surface area contributed by atoms with Crippen molar-refractivity contribution >= 4 is 33.4 Å². The topological polar surface area (TPSA) is 51.5 Å².